The zero-order valence-corrected chi connectivity index (χ0v) is 11.5. The molecule has 1 fully saturated rings. The maximum absolute atomic E-state index is 12.4. The number of nitriles is 1. The molecule has 19 heavy (non-hydrogen) atoms. The van der Waals surface area contributed by atoms with Crippen LogP contribution in [-0.4, -0.2) is 52.1 Å². The Morgan fingerprint density at radius 2 is 2.00 bits per heavy atom. The highest BCUT2D eigenvalue weighted by molar-refractivity contribution is 5.76. The van der Waals surface area contributed by atoms with Crippen molar-refractivity contribution in [2.24, 2.45) is 0 Å². The molecule has 106 valence electrons. The van der Waals surface area contributed by atoms with Gasteiger partial charge >= 0.3 is 12.0 Å². The van der Waals surface area contributed by atoms with Gasteiger partial charge in [-0.1, -0.05) is 0 Å². The van der Waals surface area contributed by atoms with Crippen molar-refractivity contribution in [1.82, 2.24) is 9.80 Å². The second-order valence-corrected chi connectivity index (χ2v) is 5.05. The van der Waals surface area contributed by atoms with Gasteiger partial charge in [-0.15, -0.1) is 0 Å². The number of carboxylic acid groups (broad SMARTS) is 1. The molecule has 0 heterocycles. The molecule has 2 amide bonds. The van der Waals surface area contributed by atoms with Gasteiger partial charge in [0.2, 0.25) is 0 Å². The third-order valence-electron chi connectivity index (χ3n) is 3.13. The van der Waals surface area contributed by atoms with Crippen LogP contribution in [0.25, 0.3) is 0 Å². The van der Waals surface area contributed by atoms with E-state index in [2.05, 4.69) is 0 Å². The van der Waals surface area contributed by atoms with Gasteiger partial charge < -0.3 is 14.9 Å². The SMILES string of the molecule is CC(C)N(CCC(=O)O)C(=O)N(CCC#N)C1CC1. The van der Waals surface area contributed by atoms with E-state index in [-0.39, 0.29) is 31.1 Å². The molecular weight excluding hydrogens is 246 g/mol. The number of amides is 2. The summed E-state index contributed by atoms with van der Waals surface area (Å²) in [5.74, 6) is -0.909. The number of carbonyl (C=O) groups is 2. The first-order chi connectivity index (χ1) is 8.97. The first kappa shape index (κ1) is 15.3. The Labute approximate surface area is 113 Å². The fourth-order valence-corrected chi connectivity index (χ4v) is 1.95. The van der Waals surface area contributed by atoms with Crippen LogP contribution in [0.15, 0.2) is 0 Å². The van der Waals surface area contributed by atoms with Gasteiger partial charge in [0.1, 0.15) is 0 Å². The molecule has 0 saturated heterocycles. The first-order valence-corrected chi connectivity index (χ1v) is 6.63. The lowest BCUT2D eigenvalue weighted by molar-refractivity contribution is -0.137. The molecule has 0 aliphatic heterocycles. The number of rotatable bonds is 7. The summed E-state index contributed by atoms with van der Waals surface area (Å²) < 4.78 is 0. The monoisotopic (exact) mass is 267 g/mol. The van der Waals surface area contributed by atoms with Crippen LogP contribution in [0, 0.1) is 11.3 Å². The van der Waals surface area contributed by atoms with E-state index < -0.39 is 5.97 Å². The van der Waals surface area contributed by atoms with E-state index in [1.54, 1.807) is 9.80 Å². The molecule has 0 aromatic carbocycles. The molecule has 1 saturated carbocycles. The van der Waals surface area contributed by atoms with E-state index >= 15 is 0 Å². The van der Waals surface area contributed by atoms with E-state index in [0.29, 0.717) is 13.0 Å². The molecule has 1 rings (SSSR count). The Balaban J connectivity index is 2.66. The van der Waals surface area contributed by atoms with Crippen LogP contribution in [0.1, 0.15) is 39.5 Å². The van der Waals surface area contributed by atoms with Gasteiger partial charge in [0, 0.05) is 25.2 Å². The van der Waals surface area contributed by atoms with Crippen LogP contribution >= 0.6 is 0 Å². The average molecular weight is 267 g/mol. The van der Waals surface area contributed by atoms with Gasteiger partial charge in [-0.2, -0.15) is 5.26 Å². The number of nitrogens with zero attached hydrogens (tertiary/aromatic N) is 3. The number of carbonyl (C=O) groups excluding carboxylic acids is 1. The summed E-state index contributed by atoms with van der Waals surface area (Å²) in [7, 11) is 0. The molecule has 0 atom stereocenters. The van der Waals surface area contributed by atoms with Crippen LogP contribution in [0.5, 0.6) is 0 Å². The van der Waals surface area contributed by atoms with Crippen molar-refractivity contribution in [1.29, 1.82) is 5.26 Å². The normalized spacial score (nSPS) is 14.0. The molecule has 0 bridgehead atoms. The van der Waals surface area contributed by atoms with Crippen LogP contribution in [0.2, 0.25) is 0 Å². The summed E-state index contributed by atoms with van der Waals surface area (Å²) in [6.07, 6.45) is 2.21. The van der Waals surface area contributed by atoms with Crippen LogP contribution < -0.4 is 0 Å². The second-order valence-electron chi connectivity index (χ2n) is 5.05. The summed E-state index contributed by atoms with van der Waals surface area (Å²) in [5.41, 5.74) is 0. The van der Waals surface area contributed by atoms with Crippen molar-refractivity contribution in [3.8, 4) is 6.07 Å². The van der Waals surface area contributed by atoms with Crippen molar-refractivity contribution in [3.63, 3.8) is 0 Å². The quantitative estimate of drug-likeness (QED) is 0.760. The maximum atomic E-state index is 12.4. The highest BCUT2D eigenvalue weighted by Crippen LogP contribution is 2.28. The highest BCUT2D eigenvalue weighted by Gasteiger charge is 2.35. The number of urea groups is 1. The highest BCUT2D eigenvalue weighted by atomic mass is 16.4. The minimum absolute atomic E-state index is 0.0461. The zero-order valence-electron chi connectivity index (χ0n) is 11.5. The Hall–Kier alpha value is -1.77. The van der Waals surface area contributed by atoms with E-state index in [4.69, 9.17) is 10.4 Å². The predicted octanol–water partition coefficient (Wildman–Crippen LogP) is 1.67. The fourth-order valence-electron chi connectivity index (χ4n) is 1.95. The summed E-state index contributed by atoms with van der Waals surface area (Å²) in [6, 6.07) is 2.09. The molecule has 0 aromatic heterocycles. The Bertz CT molecular complexity index is 372. The van der Waals surface area contributed by atoms with Gasteiger partial charge in [0.25, 0.3) is 0 Å². The number of hydrogen-bond acceptors (Lipinski definition) is 3. The number of aliphatic carboxylic acids is 1. The molecular formula is C13H21N3O3. The largest absolute Gasteiger partial charge is 0.481 e. The van der Waals surface area contributed by atoms with E-state index in [1.165, 1.54) is 0 Å². The van der Waals surface area contributed by atoms with E-state index in [9.17, 15) is 9.59 Å². The van der Waals surface area contributed by atoms with Crippen molar-refractivity contribution >= 4 is 12.0 Å². The first-order valence-electron chi connectivity index (χ1n) is 6.63. The van der Waals surface area contributed by atoms with Crippen molar-refractivity contribution in [2.75, 3.05) is 13.1 Å². The zero-order chi connectivity index (χ0) is 14.4. The number of carboxylic acids is 1. The van der Waals surface area contributed by atoms with Gasteiger partial charge in [0.15, 0.2) is 0 Å². The summed E-state index contributed by atoms with van der Waals surface area (Å²) >= 11 is 0. The van der Waals surface area contributed by atoms with Crippen molar-refractivity contribution < 1.29 is 14.7 Å². The second kappa shape index (κ2) is 6.98. The van der Waals surface area contributed by atoms with E-state index in [1.807, 2.05) is 19.9 Å². The Kier molecular flexibility index (Phi) is 5.61. The van der Waals surface area contributed by atoms with Crippen molar-refractivity contribution in [3.05, 3.63) is 0 Å². The molecule has 0 radical (unpaired) electrons. The van der Waals surface area contributed by atoms with Crippen LogP contribution in [0.3, 0.4) is 0 Å². The minimum atomic E-state index is -0.909. The maximum Gasteiger partial charge on any atom is 0.320 e. The standard InChI is InChI=1S/C13H21N3O3/c1-10(2)15(9-6-12(17)18)13(19)16(8-3-7-14)11-4-5-11/h10-11H,3-6,8-9H2,1-2H3,(H,17,18). The molecule has 0 unspecified atom stereocenters. The molecule has 6 nitrogen and oxygen atoms in total. The van der Waals surface area contributed by atoms with Gasteiger partial charge in [-0.3, -0.25) is 4.79 Å². The summed E-state index contributed by atoms with van der Waals surface area (Å²) in [6.45, 7) is 4.38. The van der Waals surface area contributed by atoms with Gasteiger partial charge in [0.05, 0.1) is 18.9 Å². The third kappa shape index (κ3) is 4.78. The van der Waals surface area contributed by atoms with Crippen molar-refractivity contribution in [2.45, 2.75) is 51.6 Å². The lowest BCUT2D eigenvalue weighted by atomic mass is 10.3. The average Bonchev–Trinajstić information content (AvgIpc) is 3.13. The van der Waals surface area contributed by atoms with Gasteiger partial charge in [-0.05, 0) is 26.7 Å². The Morgan fingerprint density at radius 3 is 2.42 bits per heavy atom. The summed E-state index contributed by atoms with van der Waals surface area (Å²) in [5, 5.41) is 17.4. The molecule has 0 spiro atoms. The van der Waals surface area contributed by atoms with E-state index in [0.717, 1.165) is 12.8 Å². The molecule has 0 aromatic rings. The summed E-state index contributed by atoms with van der Waals surface area (Å²) in [4.78, 5) is 26.4. The van der Waals surface area contributed by atoms with Crippen LogP contribution in [0.4, 0.5) is 4.79 Å². The lowest BCUT2D eigenvalue weighted by Crippen LogP contribution is -2.48. The van der Waals surface area contributed by atoms with Gasteiger partial charge in [-0.25, -0.2) is 4.79 Å². The predicted molar refractivity (Wildman–Crippen MR) is 69.4 cm³/mol. The lowest BCUT2D eigenvalue weighted by Gasteiger charge is -2.32. The topological polar surface area (TPSA) is 84.6 Å². The smallest absolute Gasteiger partial charge is 0.320 e. The minimum Gasteiger partial charge on any atom is -0.481 e. The molecule has 1 aliphatic rings. The Morgan fingerprint density at radius 1 is 1.37 bits per heavy atom. The third-order valence-corrected chi connectivity index (χ3v) is 3.13. The van der Waals surface area contributed by atoms with Crippen LogP contribution in [-0.2, 0) is 4.79 Å². The fraction of sp³-hybridized carbons (Fsp3) is 0.769. The molecule has 6 heteroatoms. The molecule has 1 N–H and O–H groups in total. The number of hydrogen-bond donors (Lipinski definition) is 1. The molecule has 1 aliphatic carbocycles.